The van der Waals surface area contributed by atoms with Crippen LogP contribution in [0, 0.1) is 6.92 Å². The predicted molar refractivity (Wildman–Crippen MR) is 134 cm³/mol. The fourth-order valence-electron chi connectivity index (χ4n) is 3.98. The van der Waals surface area contributed by atoms with Crippen LogP contribution in [0.1, 0.15) is 27.0 Å². The predicted octanol–water partition coefficient (Wildman–Crippen LogP) is 6.14. The molecule has 0 unspecified atom stereocenters. The van der Waals surface area contributed by atoms with Crippen LogP contribution in [0.25, 0.3) is 16.7 Å². The van der Waals surface area contributed by atoms with Gasteiger partial charge in [-0.2, -0.15) is 0 Å². The molecule has 0 amide bonds. The minimum absolute atomic E-state index is 0.456. The van der Waals surface area contributed by atoms with Crippen LogP contribution in [0.3, 0.4) is 0 Å². The number of nitrogens with zero attached hydrogens (tertiary/aromatic N) is 3. The molecule has 5 heteroatoms. The number of pyridine rings is 1. The molecule has 5 nitrogen and oxygen atoms in total. The zero-order valence-corrected chi connectivity index (χ0v) is 18.8. The number of hydrogen-bond acceptors (Lipinski definition) is 4. The monoisotopic (exact) mass is 445 g/mol. The van der Waals surface area contributed by atoms with Crippen LogP contribution in [0.5, 0.6) is 0 Å². The Kier molecular flexibility index (Phi) is 5.99. The van der Waals surface area contributed by atoms with Crippen LogP contribution in [0.15, 0.2) is 115 Å². The first kappa shape index (κ1) is 21.3. The Morgan fingerprint density at radius 2 is 1.62 bits per heavy atom. The van der Waals surface area contributed by atoms with Crippen LogP contribution in [-0.4, -0.2) is 21.2 Å². The van der Waals surface area contributed by atoms with Gasteiger partial charge in [-0.3, -0.25) is 0 Å². The molecular weight excluding hydrogens is 422 g/mol. The molecule has 2 heterocycles. The van der Waals surface area contributed by atoms with Crippen molar-refractivity contribution in [2.75, 3.05) is 0 Å². The third-order valence-electron chi connectivity index (χ3n) is 5.79. The molecule has 5 rings (SSSR count). The standard InChI is InChI=1S/C29H23N3O2/c1-21-11-5-6-14-23(21)19-26(31-34-29(33)22-12-3-2-4-13-22)25-20-32(28-17-9-10-18-30-28)27-16-8-7-15-24(25)27/h2-18,20H,19H2,1H3/b31-26+. The molecule has 0 aliphatic carbocycles. The van der Waals surface area contributed by atoms with Crippen molar-refractivity contribution < 1.29 is 9.63 Å². The molecule has 0 fully saturated rings. The number of carbonyl (C=O) groups excluding carboxylic acids is 1. The van der Waals surface area contributed by atoms with Gasteiger partial charge in [-0.25, -0.2) is 9.78 Å². The second-order valence-corrected chi connectivity index (χ2v) is 8.00. The summed E-state index contributed by atoms with van der Waals surface area (Å²) in [7, 11) is 0. The van der Waals surface area contributed by atoms with Crippen molar-refractivity contribution in [2.24, 2.45) is 5.16 Å². The van der Waals surface area contributed by atoms with Crippen molar-refractivity contribution in [2.45, 2.75) is 13.3 Å². The highest BCUT2D eigenvalue weighted by Crippen LogP contribution is 2.26. The van der Waals surface area contributed by atoms with E-state index in [9.17, 15) is 4.79 Å². The van der Waals surface area contributed by atoms with E-state index in [-0.39, 0.29) is 0 Å². The van der Waals surface area contributed by atoms with Crippen molar-refractivity contribution in [3.63, 3.8) is 0 Å². The molecular formula is C29H23N3O2. The quantitative estimate of drug-likeness (QED) is 0.179. The maximum Gasteiger partial charge on any atom is 0.365 e. The average Bonchev–Trinajstić information content (AvgIpc) is 3.28. The van der Waals surface area contributed by atoms with Crippen LogP contribution < -0.4 is 0 Å². The van der Waals surface area contributed by atoms with E-state index in [2.05, 4.69) is 41.3 Å². The lowest BCUT2D eigenvalue weighted by molar-refractivity contribution is 0.0516. The largest absolute Gasteiger partial charge is 0.365 e. The number of benzene rings is 3. The van der Waals surface area contributed by atoms with Gasteiger partial charge in [-0.15, -0.1) is 0 Å². The second kappa shape index (κ2) is 9.55. The molecule has 0 spiro atoms. The first-order valence-corrected chi connectivity index (χ1v) is 11.1. The van der Waals surface area contributed by atoms with Gasteiger partial charge in [0.2, 0.25) is 0 Å². The van der Waals surface area contributed by atoms with Crippen LogP contribution >= 0.6 is 0 Å². The third kappa shape index (κ3) is 4.36. The summed E-state index contributed by atoms with van der Waals surface area (Å²) in [5, 5.41) is 5.41. The highest BCUT2D eigenvalue weighted by Gasteiger charge is 2.18. The lowest BCUT2D eigenvalue weighted by Crippen LogP contribution is -2.10. The summed E-state index contributed by atoms with van der Waals surface area (Å²) in [6, 6.07) is 31.0. The molecule has 0 bridgehead atoms. The van der Waals surface area contributed by atoms with Crippen LogP contribution in [0.2, 0.25) is 0 Å². The van der Waals surface area contributed by atoms with E-state index in [4.69, 9.17) is 4.84 Å². The number of aryl methyl sites for hydroxylation is 1. The van der Waals surface area contributed by atoms with Crippen LogP contribution in [-0.2, 0) is 11.3 Å². The highest BCUT2D eigenvalue weighted by atomic mass is 16.7. The number of carbonyl (C=O) groups is 1. The summed E-state index contributed by atoms with van der Waals surface area (Å²) in [6.07, 6.45) is 4.30. The number of rotatable bonds is 6. The Labute approximate surface area is 198 Å². The number of para-hydroxylation sites is 1. The van der Waals surface area contributed by atoms with Gasteiger partial charge in [0.25, 0.3) is 0 Å². The van der Waals surface area contributed by atoms with E-state index in [1.54, 1.807) is 30.5 Å². The van der Waals surface area contributed by atoms with Gasteiger partial charge < -0.3 is 9.40 Å². The summed E-state index contributed by atoms with van der Waals surface area (Å²) in [5.41, 5.74) is 5.29. The molecule has 0 aliphatic rings. The zero-order valence-electron chi connectivity index (χ0n) is 18.8. The minimum Gasteiger partial charge on any atom is -0.313 e. The smallest absolute Gasteiger partial charge is 0.313 e. The van der Waals surface area contributed by atoms with Crippen molar-refractivity contribution in [1.82, 2.24) is 9.55 Å². The Morgan fingerprint density at radius 1 is 0.882 bits per heavy atom. The lowest BCUT2D eigenvalue weighted by atomic mass is 9.98. The van der Waals surface area contributed by atoms with Gasteiger partial charge in [0.1, 0.15) is 5.82 Å². The van der Waals surface area contributed by atoms with Gasteiger partial charge in [-0.05, 0) is 48.4 Å². The molecule has 0 aliphatic heterocycles. The highest BCUT2D eigenvalue weighted by molar-refractivity contribution is 6.12. The summed E-state index contributed by atoms with van der Waals surface area (Å²) in [4.78, 5) is 22.6. The van der Waals surface area contributed by atoms with E-state index in [0.717, 1.165) is 33.4 Å². The van der Waals surface area contributed by atoms with Gasteiger partial charge >= 0.3 is 5.97 Å². The van der Waals surface area contributed by atoms with Crippen LogP contribution in [0.4, 0.5) is 0 Å². The molecule has 0 saturated heterocycles. The topological polar surface area (TPSA) is 56.5 Å². The van der Waals surface area contributed by atoms with Crippen molar-refractivity contribution >= 4 is 22.6 Å². The summed E-state index contributed by atoms with van der Waals surface area (Å²) >= 11 is 0. The fraction of sp³-hybridized carbons (Fsp3) is 0.0690. The van der Waals surface area contributed by atoms with E-state index in [0.29, 0.717) is 17.7 Å². The first-order chi connectivity index (χ1) is 16.7. The molecule has 166 valence electrons. The molecule has 0 N–H and O–H groups in total. The third-order valence-corrected chi connectivity index (χ3v) is 5.79. The van der Waals surface area contributed by atoms with Crippen molar-refractivity contribution in [3.8, 4) is 5.82 Å². The average molecular weight is 446 g/mol. The van der Waals surface area contributed by atoms with E-state index in [1.165, 1.54) is 0 Å². The van der Waals surface area contributed by atoms with E-state index >= 15 is 0 Å². The molecule has 0 atom stereocenters. The fourth-order valence-corrected chi connectivity index (χ4v) is 3.98. The van der Waals surface area contributed by atoms with Gasteiger partial charge in [-0.1, -0.05) is 71.9 Å². The SMILES string of the molecule is Cc1ccccc1C/C(=N\OC(=O)c1ccccc1)c1cn(-c2ccccn2)c2ccccc12. The Hall–Kier alpha value is -4.51. The molecule has 34 heavy (non-hydrogen) atoms. The maximum absolute atomic E-state index is 12.6. The zero-order chi connectivity index (χ0) is 23.3. The molecule has 3 aromatic carbocycles. The Bertz CT molecular complexity index is 1470. The van der Waals surface area contributed by atoms with E-state index < -0.39 is 5.97 Å². The number of oxime groups is 1. The number of fused-ring (bicyclic) bond motifs is 1. The van der Waals surface area contributed by atoms with Gasteiger partial charge in [0, 0.05) is 29.8 Å². The van der Waals surface area contributed by atoms with Gasteiger partial charge in [0.05, 0.1) is 16.8 Å². The summed E-state index contributed by atoms with van der Waals surface area (Å²) in [6.45, 7) is 2.07. The van der Waals surface area contributed by atoms with Crippen molar-refractivity contribution in [1.29, 1.82) is 0 Å². The first-order valence-electron chi connectivity index (χ1n) is 11.1. The van der Waals surface area contributed by atoms with E-state index in [1.807, 2.05) is 59.3 Å². The normalized spacial score (nSPS) is 11.5. The van der Waals surface area contributed by atoms with Gasteiger partial charge in [0.15, 0.2) is 0 Å². The Morgan fingerprint density at radius 3 is 2.41 bits per heavy atom. The maximum atomic E-state index is 12.6. The Balaban J connectivity index is 1.61. The van der Waals surface area contributed by atoms with Crippen molar-refractivity contribution in [3.05, 3.63) is 132 Å². The summed E-state index contributed by atoms with van der Waals surface area (Å²) < 4.78 is 2.04. The summed E-state index contributed by atoms with van der Waals surface area (Å²) in [5.74, 6) is 0.317. The molecule has 5 aromatic rings. The minimum atomic E-state index is -0.489. The molecule has 2 aromatic heterocycles. The number of hydrogen-bond donors (Lipinski definition) is 0. The molecule has 0 radical (unpaired) electrons. The molecule has 0 saturated carbocycles. The lowest BCUT2D eigenvalue weighted by Gasteiger charge is -2.08. The second-order valence-electron chi connectivity index (χ2n) is 8.00. The number of aromatic nitrogens is 2.